The Labute approximate surface area is 154 Å². The van der Waals surface area contributed by atoms with Crippen molar-refractivity contribution in [2.75, 3.05) is 13.1 Å². The number of amides is 1. The van der Waals surface area contributed by atoms with Crippen LogP contribution >= 0.6 is 0 Å². The van der Waals surface area contributed by atoms with Gasteiger partial charge < -0.3 is 4.90 Å². The fourth-order valence-corrected chi connectivity index (χ4v) is 3.67. The van der Waals surface area contributed by atoms with E-state index in [9.17, 15) is 18.0 Å². The van der Waals surface area contributed by atoms with E-state index in [1.54, 1.807) is 17.0 Å². The molecule has 4 rings (SSSR count). The number of likely N-dealkylation sites (tertiary alicyclic amines) is 1. The lowest BCUT2D eigenvalue weighted by Gasteiger charge is -2.34. The quantitative estimate of drug-likeness (QED) is 0.752. The number of nitrogens with zero attached hydrogens (tertiary/aromatic N) is 3. The first kappa shape index (κ1) is 17.7. The highest BCUT2D eigenvalue weighted by molar-refractivity contribution is 5.94. The fourth-order valence-electron chi connectivity index (χ4n) is 3.67. The van der Waals surface area contributed by atoms with E-state index in [2.05, 4.69) is 10.2 Å². The molecule has 1 amide bonds. The number of carbonyl (C=O) groups is 1. The first-order chi connectivity index (χ1) is 12.9. The maximum atomic E-state index is 13.1. The van der Waals surface area contributed by atoms with Gasteiger partial charge in [-0.05, 0) is 36.1 Å². The molecule has 0 atom stereocenters. The number of piperidine rings is 1. The molecular weight excluding hydrogens is 355 g/mol. The van der Waals surface area contributed by atoms with Crippen LogP contribution in [0.4, 0.5) is 13.2 Å². The van der Waals surface area contributed by atoms with Crippen LogP contribution in [0.3, 0.4) is 0 Å². The summed E-state index contributed by atoms with van der Waals surface area (Å²) in [5.41, 5.74) is 0.389. The molecule has 4 nitrogen and oxygen atoms in total. The number of hydrogen-bond donors (Lipinski definition) is 0. The third kappa shape index (κ3) is 3.22. The average Bonchev–Trinajstić information content (AvgIpc) is 3.51. The Morgan fingerprint density at radius 2 is 1.48 bits per heavy atom. The molecule has 2 heterocycles. The van der Waals surface area contributed by atoms with Crippen molar-refractivity contribution in [3.8, 4) is 11.1 Å². The van der Waals surface area contributed by atoms with E-state index in [-0.39, 0.29) is 31.8 Å². The molecule has 0 spiro atoms. The van der Waals surface area contributed by atoms with Gasteiger partial charge in [0.1, 0.15) is 0 Å². The Morgan fingerprint density at radius 1 is 0.926 bits per heavy atom. The van der Waals surface area contributed by atoms with Gasteiger partial charge in [0.25, 0.3) is 11.6 Å². The molecule has 2 aliphatic rings. The van der Waals surface area contributed by atoms with Gasteiger partial charge in [-0.1, -0.05) is 42.5 Å². The Bertz CT molecular complexity index is 848. The van der Waals surface area contributed by atoms with Crippen molar-refractivity contribution >= 4 is 5.91 Å². The summed E-state index contributed by atoms with van der Waals surface area (Å²) in [6.45, 7) is 0.569. The van der Waals surface area contributed by atoms with Crippen LogP contribution in [0.1, 0.15) is 23.2 Å². The van der Waals surface area contributed by atoms with Gasteiger partial charge in [0.15, 0.2) is 0 Å². The van der Waals surface area contributed by atoms with Crippen molar-refractivity contribution in [1.29, 1.82) is 0 Å². The van der Waals surface area contributed by atoms with Gasteiger partial charge in [-0.3, -0.25) is 4.79 Å². The van der Waals surface area contributed by atoms with Crippen molar-refractivity contribution in [3.05, 3.63) is 60.2 Å². The first-order valence-electron chi connectivity index (χ1n) is 8.86. The molecule has 27 heavy (non-hydrogen) atoms. The van der Waals surface area contributed by atoms with Gasteiger partial charge in [-0.15, -0.1) is 10.2 Å². The lowest BCUT2D eigenvalue weighted by atomic mass is 9.86. The van der Waals surface area contributed by atoms with Crippen molar-refractivity contribution in [2.24, 2.45) is 16.1 Å². The van der Waals surface area contributed by atoms with E-state index in [0.29, 0.717) is 5.56 Å². The molecule has 7 heteroatoms. The third-order valence-corrected chi connectivity index (χ3v) is 5.32. The van der Waals surface area contributed by atoms with E-state index in [1.807, 2.05) is 42.5 Å². The van der Waals surface area contributed by atoms with Crippen LogP contribution in [-0.2, 0) is 0 Å². The van der Waals surface area contributed by atoms with Crippen LogP contribution in [0.5, 0.6) is 0 Å². The SMILES string of the molecule is O=C(c1ccc(-c2ccccc2)cc1)N1CCC(C2(C(F)(F)F)N=N2)CC1. The zero-order valence-corrected chi connectivity index (χ0v) is 14.5. The molecule has 1 saturated heterocycles. The summed E-state index contributed by atoms with van der Waals surface area (Å²) in [6.07, 6.45) is -3.95. The lowest BCUT2D eigenvalue weighted by Crippen LogP contribution is -2.47. The Balaban J connectivity index is 1.40. The number of alkyl halides is 3. The summed E-state index contributed by atoms with van der Waals surface area (Å²) in [5.74, 6) is -0.833. The molecule has 2 aromatic rings. The van der Waals surface area contributed by atoms with Crippen molar-refractivity contribution < 1.29 is 18.0 Å². The second-order valence-corrected chi connectivity index (χ2v) is 6.93. The van der Waals surface area contributed by atoms with Crippen LogP contribution in [0.2, 0.25) is 0 Å². The minimum absolute atomic E-state index is 0.154. The molecule has 0 bridgehead atoms. The van der Waals surface area contributed by atoms with Crippen molar-refractivity contribution in [3.63, 3.8) is 0 Å². The minimum Gasteiger partial charge on any atom is -0.339 e. The molecule has 0 unspecified atom stereocenters. The standard InChI is InChI=1S/C20H18F3N3O/c21-20(22,23)19(24-25-19)17-10-12-26(13-11-17)18(27)16-8-6-15(7-9-16)14-4-2-1-3-5-14/h1-9,17H,10-13H2. The molecule has 140 valence electrons. The largest absolute Gasteiger partial charge is 0.437 e. The Hall–Kier alpha value is -2.70. The van der Waals surface area contributed by atoms with Gasteiger partial charge >= 0.3 is 6.18 Å². The molecular formula is C20H18F3N3O. The second kappa shape index (κ2) is 6.48. The van der Waals surface area contributed by atoms with Crippen LogP contribution in [0.25, 0.3) is 11.1 Å². The third-order valence-electron chi connectivity index (χ3n) is 5.32. The molecule has 2 aromatic carbocycles. The van der Waals surface area contributed by atoms with Gasteiger partial charge in [0, 0.05) is 24.6 Å². The van der Waals surface area contributed by atoms with E-state index < -0.39 is 17.8 Å². The number of rotatable bonds is 3. The fraction of sp³-hybridized carbons (Fsp3) is 0.350. The van der Waals surface area contributed by atoms with Crippen LogP contribution in [-0.4, -0.2) is 35.7 Å². The normalized spacial score (nSPS) is 19.1. The number of carbonyl (C=O) groups excluding carboxylic acids is 1. The topological polar surface area (TPSA) is 45.0 Å². The summed E-state index contributed by atoms with van der Waals surface area (Å²) >= 11 is 0. The summed E-state index contributed by atoms with van der Waals surface area (Å²) in [7, 11) is 0. The van der Waals surface area contributed by atoms with Gasteiger partial charge in [-0.25, -0.2) is 0 Å². The zero-order valence-electron chi connectivity index (χ0n) is 14.5. The Kier molecular flexibility index (Phi) is 4.25. The highest BCUT2D eigenvalue weighted by Crippen LogP contribution is 2.52. The number of halogens is 3. The highest BCUT2D eigenvalue weighted by atomic mass is 19.4. The monoisotopic (exact) mass is 373 g/mol. The Morgan fingerprint density at radius 3 is 2.00 bits per heavy atom. The number of hydrogen-bond acceptors (Lipinski definition) is 3. The van der Waals surface area contributed by atoms with Crippen LogP contribution in [0, 0.1) is 5.92 Å². The van der Waals surface area contributed by atoms with Crippen LogP contribution < -0.4 is 0 Å². The molecule has 0 N–H and O–H groups in total. The predicted octanol–water partition coefficient (Wildman–Crippen LogP) is 4.93. The average molecular weight is 373 g/mol. The predicted molar refractivity (Wildman–Crippen MR) is 94.1 cm³/mol. The molecule has 0 saturated carbocycles. The van der Waals surface area contributed by atoms with E-state index in [1.165, 1.54) is 0 Å². The smallest absolute Gasteiger partial charge is 0.339 e. The first-order valence-corrected chi connectivity index (χ1v) is 8.86. The minimum atomic E-state index is -4.45. The molecule has 1 fully saturated rings. The lowest BCUT2D eigenvalue weighted by molar-refractivity contribution is -0.179. The van der Waals surface area contributed by atoms with Crippen LogP contribution in [0.15, 0.2) is 64.8 Å². The number of benzene rings is 2. The van der Waals surface area contributed by atoms with E-state index in [4.69, 9.17) is 0 Å². The van der Waals surface area contributed by atoms with E-state index >= 15 is 0 Å². The summed E-state index contributed by atoms with van der Waals surface area (Å²) in [5, 5.41) is 6.58. The van der Waals surface area contributed by atoms with Crippen molar-refractivity contribution in [2.45, 2.75) is 24.7 Å². The highest BCUT2D eigenvalue weighted by Gasteiger charge is 2.68. The van der Waals surface area contributed by atoms with E-state index in [0.717, 1.165) is 11.1 Å². The molecule has 0 aromatic heterocycles. The summed E-state index contributed by atoms with van der Waals surface area (Å²) < 4.78 is 39.3. The second-order valence-electron chi connectivity index (χ2n) is 6.93. The van der Waals surface area contributed by atoms with Crippen molar-refractivity contribution in [1.82, 2.24) is 4.90 Å². The maximum Gasteiger partial charge on any atom is 0.437 e. The summed E-state index contributed by atoms with van der Waals surface area (Å²) in [6, 6.07) is 17.1. The van der Waals surface area contributed by atoms with Gasteiger partial charge in [0.05, 0.1) is 0 Å². The maximum absolute atomic E-state index is 13.1. The molecule has 2 aliphatic heterocycles. The molecule has 0 radical (unpaired) electrons. The zero-order chi connectivity index (χ0) is 19.1. The molecule has 0 aliphatic carbocycles. The summed E-state index contributed by atoms with van der Waals surface area (Å²) in [4.78, 5) is 14.3. The van der Waals surface area contributed by atoms with Gasteiger partial charge in [0.2, 0.25) is 0 Å². The van der Waals surface area contributed by atoms with Gasteiger partial charge in [-0.2, -0.15) is 13.2 Å².